The third-order valence-corrected chi connectivity index (χ3v) is 3.40. The monoisotopic (exact) mass is 272 g/mol. The van der Waals surface area contributed by atoms with Crippen molar-refractivity contribution in [1.82, 2.24) is 5.32 Å². The van der Waals surface area contributed by atoms with Gasteiger partial charge in [0.05, 0.1) is 5.54 Å². The number of nitrogens with one attached hydrogen (secondary N) is 1. The van der Waals surface area contributed by atoms with Crippen LogP contribution in [0.3, 0.4) is 0 Å². The molecule has 1 amide bonds. The van der Waals surface area contributed by atoms with Crippen molar-refractivity contribution in [3.8, 4) is 0 Å². The molecule has 1 aliphatic rings. The van der Waals surface area contributed by atoms with Gasteiger partial charge in [-0.3, -0.25) is 9.59 Å². The second-order valence-corrected chi connectivity index (χ2v) is 5.21. The number of aliphatic carboxylic acids is 2. The molecule has 1 aliphatic carbocycles. The SMILES string of the molecule is CC(N)(C(=O)N[C@H](CCCC(=O)O)C(=O)O)C1CC1. The number of rotatable bonds is 8. The number of amides is 1. The van der Waals surface area contributed by atoms with Crippen molar-refractivity contribution in [2.24, 2.45) is 11.7 Å². The third-order valence-electron chi connectivity index (χ3n) is 3.40. The summed E-state index contributed by atoms with van der Waals surface area (Å²) in [6.45, 7) is 1.59. The van der Waals surface area contributed by atoms with Crippen molar-refractivity contribution >= 4 is 17.8 Å². The summed E-state index contributed by atoms with van der Waals surface area (Å²) in [6.07, 6.45) is 1.89. The van der Waals surface area contributed by atoms with Crippen LogP contribution in [-0.2, 0) is 14.4 Å². The lowest BCUT2D eigenvalue weighted by Crippen LogP contribution is -2.57. The van der Waals surface area contributed by atoms with Crippen molar-refractivity contribution in [3.05, 3.63) is 0 Å². The summed E-state index contributed by atoms with van der Waals surface area (Å²) in [7, 11) is 0. The third kappa shape index (κ3) is 4.51. The molecule has 0 aromatic rings. The first-order valence-electron chi connectivity index (χ1n) is 6.29. The van der Waals surface area contributed by atoms with Gasteiger partial charge in [-0.05, 0) is 38.5 Å². The molecule has 1 saturated carbocycles. The minimum absolute atomic E-state index is 0.0775. The Morgan fingerprint density at radius 2 is 1.95 bits per heavy atom. The first-order chi connectivity index (χ1) is 8.75. The van der Waals surface area contributed by atoms with E-state index in [-0.39, 0.29) is 25.2 Å². The Balaban J connectivity index is 2.50. The van der Waals surface area contributed by atoms with Crippen LogP contribution in [0.15, 0.2) is 0 Å². The Bertz CT molecular complexity index is 376. The Labute approximate surface area is 111 Å². The molecule has 0 bridgehead atoms. The highest BCUT2D eigenvalue weighted by atomic mass is 16.4. The van der Waals surface area contributed by atoms with Gasteiger partial charge >= 0.3 is 11.9 Å². The minimum atomic E-state index is -1.18. The van der Waals surface area contributed by atoms with Crippen LogP contribution in [0.2, 0.25) is 0 Å². The zero-order valence-electron chi connectivity index (χ0n) is 10.9. The lowest BCUT2D eigenvalue weighted by atomic mass is 9.95. The fourth-order valence-electron chi connectivity index (χ4n) is 1.90. The maximum absolute atomic E-state index is 11.9. The summed E-state index contributed by atoms with van der Waals surface area (Å²) >= 11 is 0. The maximum atomic E-state index is 11.9. The van der Waals surface area contributed by atoms with Crippen LogP contribution in [0.25, 0.3) is 0 Å². The minimum Gasteiger partial charge on any atom is -0.481 e. The molecule has 7 nitrogen and oxygen atoms in total. The zero-order chi connectivity index (χ0) is 14.6. The van der Waals surface area contributed by atoms with Gasteiger partial charge in [-0.2, -0.15) is 0 Å². The van der Waals surface area contributed by atoms with Crippen LogP contribution in [-0.4, -0.2) is 39.6 Å². The van der Waals surface area contributed by atoms with Crippen molar-refractivity contribution in [2.45, 2.75) is 50.6 Å². The zero-order valence-corrected chi connectivity index (χ0v) is 10.9. The largest absolute Gasteiger partial charge is 0.481 e. The lowest BCUT2D eigenvalue weighted by Gasteiger charge is -2.25. The van der Waals surface area contributed by atoms with Crippen LogP contribution in [0.1, 0.15) is 39.0 Å². The summed E-state index contributed by atoms with van der Waals surface area (Å²) < 4.78 is 0. The van der Waals surface area contributed by atoms with Crippen molar-refractivity contribution in [3.63, 3.8) is 0 Å². The molecule has 0 aromatic heterocycles. The van der Waals surface area contributed by atoms with E-state index in [4.69, 9.17) is 15.9 Å². The van der Waals surface area contributed by atoms with Crippen molar-refractivity contribution in [1.29, 1.82) is 0 Å². The van der Waals surface area contributed by atoms with Crippen LogP contribution < -0.4 is 11.1 Å². The van der Waals surface area contributed by atoms with Crippen LogP contribution in [0.5, 0.6) is 0 Å². The van der Waals surface area contributed by atoms with Gasteiger partial charge in [-0.25, -0.2) is 4.79 Å². The molecular formula is C12H20N2O5. The molecule has 0 aliphatic heterocycles. The Hall–Kier alpha value is -1.63. The van der Waals surface area contributed by atoms with E-state index in [1.807, 2.05) is 0 Å². The number of hydrogen-bond donors (Lipinski definition) is 4. The molecular weight excluding hydrogens is 252 g/mol. The highest BCUT2D eigenvalue weighted by molar-refractivity contribution is 5.90. The van der Waals surface area contributed by atoms with E-state index >= 15 is 0 Å². The summed E-state index contributed by atoms with van der Waals surface area (Å²) in [6, 6.07) is -1.09. The molecule has 19 heavy (non-hydrogen) atoms. The fraction of sp³-hybridized carbons (Fsp3) is 0.750. The van der Waals surface area contributed by atoms with Gasteiger partial charge in [0.25, 0.3) is 0 Å². The summed E-state index contributed by atoms with van der Waals surface area (Å²) in [5, 5.41) is 19.9. The maximum Gasteiger partial charge on any atom is 0.326 e. The Morgan fingerprint density at radius 1 is 1.37 bits per heavy atom. The first-order valence-corrected chi connectivity index (χ1v) is 6.29. The molecule has 0 spiro atoms. The number of carbonyl (C=O) groups is 3. The number of hydrogen-bond acceptors (Lipinski definition) is 4. The number of carboxylic acid groups (broad SMARTS) is 2. The molecule has 1 rings (SSSR count). The van der Waals surface area contributed by atoms with Crippen LogP contribution in [0.4, 0.5) is 0 Å². The summed E-state index contributed by atoms with van der Waals surface area (Å²) in [5.74, 6) is -2.55. The quantitative estimate of drug-likeness (QED) is 0.489. The van der Waals surface area contributed by atoms with Crippen molar-refractivity contribution in [2.75, 3.05) is 0 Å². The van der Waals surface area contributed by atoms with Gasteiger partial charge in [-0.1, -0.05) is 0 Å². The van der Waals surface area contributed by atoms with E-state index < -0.39 is 29.4 Å². The molecule has 7 heteroatoms. The van der Waals surface area contributed by atoms with E-state index in [1.54, 1.807) is 6.92 Å². The number of nitrogens with two attached hydrogens (primary N) is 1. The van der Waals surface area contributed by atoms with Gasteiger partial charge in [0.1, 0.15) is 6.04 Å². The second kappa shape index (κ2) is 6.01. The van der Waals surface area contributed by atoms with Gasteiger partial charge in [-0.15, -0.1) is 0 Å². The summed E-state index contributed by atoms with van der Waals surface area (Å²) in [4.78, 5) is 33.3. The smallest absolute Gasteiger partial charge is 0.326 e. The molecule has 1 unspecified atom stereocenters. The van der Waals surface area contributed by atoms with Gasteiger partial charge in [0, 0.05) is 6.42 Å². The highest BCUT2D eigenvalue weighted by Crippen LogP contribution is 2.38. The topological polar surface area (TPSA) is 130 Å². The Morgan fingerprint density at radius 3 is 2.37 bits per heavy atom. The van der Waals surface area contributed by atoms with Gasteiger partial charge in [0.2, 0.25) is 5.91 Å². The fourth-order valence-corrected chi connectivity index (χ4v) is 1.90. The Kier molecular flexibility index (Phi) is 4.88. The van der Waals surface area contributed by atoms with Crippen molar-refractivity contribution < 1.29 is 24.6 Å². The molecule has 108 valence electrons. The molecule has 2 atom stereocenters. The normalized spacial score (nSPS) is 19.3. The molecule has 1 fully saturated rings. The van der Waals surface area contributed by atoms with Crippen LogP contribution >= 0.6 is 0 Å². The van der Waals surface area contributed by atoms with Crippen LogP contribution in [0, 0.1) is 5.92 Å². The molecule has 0 heterocycles. The molecule has 0 radical (unpaired) electrons. The molecule has 0 saturated heterocycles. The standard InChI is InChI=1S/C12H20N2O5/c1-12(13,7-5-6-7)11(19)14-8(10(17)18)3-2-4-9(15)16/h7-8H,2-6,13H2,1H3,(H,14,19)(H,15,16)(H,17,18)/t8-,12?/m1/s1. The van der Waals surface area contributed by atoms with Gasteiger partial charge in [0.15, 0.2) is 0 Å². The summed E-state index contributed by atoms with van der Waals surface area (Å²) in [5.41, 5.74) is 4.84. The van der Waals surface area contributed by atoms with E-state index in [9.17, 15) is 14.4 Å². The highest BCUT2D eigenvalue weighted by Gasteiger charge is 2.44. The second-order valence-electron chi connectivity index (χ2n) is 5.21. The average Bonchev–Trinajstić information content (AvgIpc) is 3.10. The average molecular weight is 272 g/mol. The van der Waals surface area contributed by atoms with E-state index in [2.05, 4.69) is 5.32 Å². The van der Waals surface area contributed by atoms with E-state index in [0.717, 1.165) is 12.8 Å². The van der Waals surface area contributed by atoms with Gasteiger partial charge < -0.3 is 21.3 Å². The molecule has 0 aromatic carbocycles. The lowest BCUT2D eigenvalue weighted by molar-refractivity contribution is -0.143. The number of carbonyl (C=O) groups excluding carboxylic acids is 1. The predicted molar refractivity (Wildman–Crippen MR) is 66.4 cm³/mol. The van der Waals surface area contributed by atoms with E-state index in [1.165, 1.54) is 0 Å². The van der Waals surface area contributed by atoms with E-state index in [0.29, 0.717) is 0 Å². The molecule has 5 N–H and O–H groups in total. The number of carboxylic acids is 2. The predicted octanol–water partition coefficient (Wildman–Crippen LogP) is -0.0619. The first kappa shape index (κ1) is 15.4.